The van der Waals surface area contributed by atoms with E-state index in [0.29, 0.717) is 0 Å². The highest BCUT2D eigenvalue weighted by Gasteiger charge is 2.15. The molecule has 0 saturated carbocycles. The van der Waals surface area contributed by atoms with Gasteiger partial charge in [0.1, 0.15) is 0 Å². The van der Waals surface area contributed by atoms with E-state index < -0.39 is 0 Å². The third-order valence-electron chi connectivity index (χ3n) is 3.76. The average Bonchev–Trinajstić information content (AvgIpc) is 3.02. The van der Waals surface area contributed by atoms with E-state index in [1.807, 2.05) is 19.2 Å². The van der Waals surface area contributed by atoms with Crippen molar-refractivity contribution in [3.63, 3.8) is 0 Å². The smallest absolute Gasteiger partial charge is 0.225 e. The fourth-order valence-corrected chi connectivity index (χ4v) is 2.54. The van der Waals surface area contributed by atoms with Crippen LogP contribution in [0.4, 0.5) is 5.95 Å². The summed E-state index contributed by atoms with van der Waals surface area (Å²) in [7, 11) is 0. The molecule has 21 heavy (non-hydrogen) atoms. The van der Waals surface area contributed by atoms with Crippen LogP contribution in [0.25, 0.3) is 11.3 Å². The summed E-state index contributed by atoms with van der Waals surface area (Å²) in [6.07, 6.45) is 4.31. The summed E-state index contributed by atoms with van der Waals surface area (Å²) in [4.78, 5) is 11.3. The second kappa shape index (κ2) is 6.87. The van der Waals surface area contributed by atoms with Gasteiger partial charge in [0.2, 0.25) is 5.95 Å². The minimum atomic E-state index is 0. The summed E-state index contributed by atoms with van der Waals surface area (Å²) in [5.74, 6) is 0.844. The Morgan fingerprint density at radius 1 is 1.10 bits per heavy atom. The van der Waals surface area contributed by atoms with Gasteiger partial charge < -0.3 is 10.6 Å². The van der Waals surface area contributed by atoms with Crippen LogP contribution in [0.2, 0.25) is 0 Å². The summed E-state index contributed by atoms with van der Waals surface area (Å²) in [5.41, 5.74) is 9.10. The quantitative estimate of drug-likeness (QED) is 0.946. The molecule has 0 aliphatic carbocycles. The first kappa shape index (κ1) is 15.7. The first-order valence-electron chi connectivity index (χ1n) is 7.18. The highest BCUT2D eigenvalue weighted by Crippen LogP contribution is 2.22. The van der Waals surface area contributed by atoms with Gasteiger partial charge in [0.25, 0.3) is 0 Å². The summed E-state index contributed by atoms with van der Waals surface area (Å²) in [6.45, 7) is 4.12. The summed E-state index contributed by atoms with van der Waals surface area (Å²) < 4.78 is 0. The molecular weight excluding hydrogens is 284 g/mol. The maximum absolute atomic E-state index is 5.88. The number of aromatic nitrogens is 2. The Hall–Kier alpha value is -1.65. The van der Waals surface area contributed by atoms with Crippen LogP contribution < -0.4 is 10.6 Å². The minimum absolute atomic E-state index is 0. The zero-order valence-corrected chi connectivity index (χ0v) is 13.0. The zero-order valence-electron chi connectivity index (χ0n) is 12.2. The SMILES string of the molecule is CC(N)c1ccc(-c2ccnc(N3CCCC3)n2)cc1.Cl. The number of rotatable bonds is 3. The molecule has 0 amide bonds. The molecule has 2 aromatic rings. The van der Waals surface area contributed by atoms with Gasteiger partial charge in [-0.25, -0.2) is 9.97 Å². The molecular formula is C16H21ClN4. The van der Waals surface area contributed by atoms with Crippen molar-refractivity contribution in [1.29, 1.82) is 0 Å². The van der Waals surface area contributed by atoms with E-state index in [9.17, 15) is 0 Å². The summed E-state index contributed by atoms with van der Waals surface area (Å²) in [6, 6.07) is 10.3. The second-order valence-electron chi connectivity index (χ2n) is 5.35. The number of benzene rings is 1. The lowest BCUT2D eigenvalue weighted by Gasteiger charge is -2.15. The number of hydrogen-bond acceptors (Lipinski definition) is 4. The lowest BCUT2D eigenvalue weighted by atomic mass is 10.1. The van der Waals surface area contributed by atoms with Crippen LogP contribution in [0.1, 0.15) is 31.4 Å². The molecule has 2 heterocycles. The van der Waals surface area contributed by atoms with Crippen LogP contribution in [0.15, 0.2) is 36.5 Å². The van der Waals surface area contributed by atoms with Crippen molar-refractivity contribution in [3.8, 4) is 11.3 Å². The number of nitrogens with zero attached hydrogens (tertiary/aromatic N) is 3. The highest BCUT2D eigenvalue weighted by atomic mass is 35.5. The molecule has 1 aliphatic heterocycles. The van der Waals surface area contributed by atoms with Crippen LogP contribution in [-0.4, -0.2) is 23.1 Å². The Balaban J connectivity index is 0.00000161. The van der Waals surface area contributed by atoms with Crippen molar-refractivity contribution in [2.75, 3.05) is 18.0 Å². The Morgan fingerprint density at radius 3 is 2.38 bits per heavy atom. The van der Waals surface area contributed by atoms with Crippen LogP contribution in [-0.2, 0) is 0 Å². The molecule has 1 fully saturated rings. The van der Waals surface area contributed by atoms with E-state index in [2.05, 4.69) is 39.1 Å². The molecule has 1 saturated heterocycles. The Morgan fingerprint density at radius 2 is 1.76 bits per heavy atom. The van der Waals surface area contributed by atoms with E-state index >= 15 is 0 Å². The molecule has 1 aromatic carbocycles. The topological polar surface area (TPSA) is 55.0 Å². The lowest BCUT2D eigenvalue weighted by Crippen LogP contribution is -2.20. The molecule has 0 bridgehead atoms. The number of hydrogen-bond donors (Lipinski definition) is 1. The van der Waals surface area contributed by atoms with E-state index in [1.54, 1.807) is 0 Å². The molecule has 1 unspecified atom stereocenters. The molecule has 0 spiro atoms. The van der Waals surface area contributed by atoms with Crippen molar-refractivity contribution < 1.29 is 0 Å². The Bertz CT molecular complexity index is 577. The molecule has 2 N–H and O–H groups in total. The minimum Gasteiger partial charge on any atom is -0.341 e. The van der Waals surface area contributed by atoms with Gasteiger partial charge in [0.05, 0.1) is 5.69 Å². The van der Waals surface area contributed by atoms with Gasteiger partial charge in [-0.1, -0.05) is 24.3 Å². The molecule has 1 atom stereocenters. The van der Waals surface area contributed by atoms with E-state index in [4.69, 9.17) is 5.73 Å². The third kappa shape index (κ3) is 3.52. The molecule has 3 rings (SSSR count). The summed E-state index contributed by atoms with van der Waals surface area (Å²) in [5, 5.41) is 0. The zero-order chi connectivity index (χ0) is 13.9. The second-order valence-corrected chi connectivity index (χ2v) is 5.35. The lowest BCUT2D eigenvalue weighted by molar-refractivity contribution is 0.818. The maximum Gasteiger partial charge on any atom is 0.225 e. The van der Waals surface area contributed by atoms with Gasteiger partial charge in [-0.3, -0.25) is 0 Å². The molecule has 5 heteroatoms. The van der Waals surface area contributed by atoms with Crippen molar-refractivity contribution in [1.82, 2.24) is 9.97 Å². The number of anilines is 1. The Kier molecular flexibility index (Phi) is 5.15. The van der Waals surface area contributed by atoms with Gasteiger partial charge in [-0.05, 0) is 31.4 Å². The maximum atomic E-state index is 5.88. The van der Waals surface area contributed by atoms with Gasteiger partial charge in [0.15, 0.2) is 0 Å². The molecule has 0 radical (unpaired) electrons. The van der Waals surface area contributed by atoms with Crippen molar-refractivity contribution in [2.24, 2.45) is 5.73 Å². The predicted octanol–water partition coefficient (Wildman–Crippen LogP) is 3.19. The van der Waals surface area contributed by atoms with Crippen molar-refractivity contribution >= 4 is 18.4 Å². The fourth-order valence-electron chi connectivity index (χ4n) is 2.54. The highest BCUT2D eigenvalue weighted by molar-refractivity contribution is 5.85. The first-order valence-corrected chi connectivity index (χ1v) is 7.18. The molecule has 112 valence electrons. The van der Waals surface area contributed by atoms with Crippen LogP contribution in [0.5, 0.6) is 0 Å². The molecule has 4 nitrogen and oxygen atoms in total. The van der Waals surface area contributed by atoms with Crippen LogP contribution in [0.3, 0.4) is 0 Å². The van der Waals surface area contributed by atoms with Gasteiger partial charge in [-0.15, -0.1) is 12.4 Å². The first-order chi connectivity index (χ1) is 9.74. The third-order valence-corrected chi connectivity index (χ3v) is 3.76. The number of halogens is 1. The summed E-state index contributed by atoms with van der Waals surface area (Å²) >= 11 is 0. The predicted molar refractivity (Wildman–Crippen MR) is 88.8 cm³/mol. The van der Waals surface area contributed by atoms with E-state index in [1.165, 1.54) is 12.8 Å². The van der Waals surface area contributed by atoms with Gasteiger partial charge in [0, 0.05) is 30.9 Å². The van der Waals surface area contributed by atoms with Gasteiger partial charge >= 0.3 is 0 Å². The van der Waals surface area contributed by atoms with Crippen molar-refractivity contribution in [2.45, 2.75) is 25.8 Å². The number of nitrogens with two attached hydrogens (primary N) is 1. The van der Waals surface area contributed by atoms with Crippen molar-refractivity contribution in [3.05, 3.63) is 42.1 Å². The van der Waals surface area contributed by atoms with Gasteiger partial charge in [-0.2, -0.15) is 0 Å². The van der Waals surface area contributed by atoms with Crippen LogP contribution in [0, 0.1) is 0 Å². The van der Waals surface area contributed by atoms with E-state index in [-0.39, 0.29) is 18.4 Å². The van der Waals surface area contributed by atoms with E-state index in [0.717, 1.165) is 35.9 Å². The largest absolute Gasteiger partial charge is 0.341 e. The average molecular weight is 305 g/mol. The van der Waals surface area contributed by atoms with Crippen LogP contribution >= 0.6 is 12.4 Å². The Labute approximate surface area is 131 Å². The fraction of sp³-hybridized carbons (Fsp3) is 0.375. The monoisotopic (exact) mass is 304 g/mol. The standard InChI is InChI=1S/C16H20N4.ClH/c1-12(17)13-4-6-14(7-5-13)15-8-9-18-16(19-15)20-10-2-3-11-20;/h4-9,12H,2-3,10-11,17H2,1H3;1H. The molecule has 1 aromatic heterocycles. The molecule has 1 aliphatic rings. The normalized spacial score (nSPS) is 15.6.